The first kappa shape index (κ1) is 17.8. The number of ether oxygens (including phenoxy) is 4. The van der Waals surface area contributed by atoms with Crippen LogP contribution in [0.3, 0.4) is 0 Å². The minimum atomic E-state index is -0.242. The second kappa shape index (κ2) is 9.73. The molecule has 0 aromatic heterocycles. The SMILES string of the molecule is CCCC(CCC(OC)OC)(OC)C(CC)OC. The van der Waals surface area contributed by atoms with Crippen LogP contribution in [0, 0.1) is 0 Å². The maximum absolute atomic E-state index is 5.83. The lowest BCUT2D eigenvalue weighted by Gasteiger charge is -2.39. The van der Waals surface area contributed by atoms with Crippen molar-refractivity contribution in [2.24, 2.45) is 0 Å². The standard InChI is InChI=1S/C14H30O4/c1-7-10-14(18-6,12(8-2)15-3)11-9-13(16-4)17-5/h12-13H,7-11H2,1-6H3. The Labute approximate surface area is 112 Å². The predicted octanol–water partition coefficient (Wildman–Crippen LogP) is 3.00. The van der Waals surface area contributed by atoms with Crippen LogP contribution >= 0.6 is 0 Å². The van der Waals surface area contributed by atoms with Gasteiger partial charge >= 0.3 is 0 Å². The molecule has 4 heteroatoms. The Kier molecular flexibility index (Phi) is 9.64. The van der Waals surface area contributed by atoms with E-state index in [2.05, 4.69) is 13.8 Å². The van der Waals surface area contributed by atoms with Gasteiger partial charge in [-0.2, -0.15) is 0 Å². The number of hydrogen-bond donors (Lipinski definition) is 0. The molecular weight excluding hydrogens is 232 g/mol. The third-order valence-electron chi connectivity index (χ3n) is 3.65. The minimum absolute atomic E-state index is 0.108. The molecule has 0 N–H and O–H groups in total. The van der Waals surface area contributed by atoms with E-state index in [0.29, 0.717) is 0 Å². The fourth-order valence-electron chi connectivity index (χ4n) is 2.65. The van der Waals surface area contributed by atoms with E-state index in [1.165, 1.54) is 0 Å². The quantitative estimate of drug-likeness (QED) is 0.536. The fourth-order valence-corrected chi connectivity index (χ4v) is 2.65. The third kappa shape index (κ3) is 4.84. The van der Waals surface area contributed by atoms with Crippen LogP contribution in [0.5, 0.6) is 0 Å². The van der Waals surface area contributed by atoms with Gasteiger partial charge in [-0.3, -0.25) is 0 Å². The number of rotatable bonds is 11. The zero-order valence-electron chi connectivity index (χ0n) is 12.8. The van der Waals surface area contributed by atoms with Crippen LogP contribution < -0.4 is 0 Å². The molecule has 0 amide bonds. The molecule has 0 aliphatic carbocycles. The molecule has 2 atom stereocenters. The molecule has 0 saturated heterocycles. The molecule has 4 nitrogen and oxygen atoms in total. The van der Waals surface area contributed by atoms with Crippen molar-refractivity contribution in [2.45, 2.75) is 63.9 Å². The Morgan fingerprint density at radius 2 is 1.50 bits per heavy atom. The van der Waals surface area contributed by atoms with E-state index in [1.54, 1.807) is 28.4 Å². The number of hydrogen-bond acceptors (Lipinski definition) is 4. The van der Waals surface area contributed by atoms with Crippen molar-refractivity contribution < 1.29 is 18.9 Å². The topological polar surface area (TPSA) is 36.9 Å². The summed E-state index contributed by atoms with van der Waals surface area (Å²) < 4.78 is 21.9. The summed E-state index contributed by atoms with van der Waals surface area (Å²) in [7, 11) is 6.85. The molecule has 0 saturated carbocycles. The molecule has 18 heavy (non-hydrogen) atoms. The van der Waals surface area contributed by atoms with Gasteiger partial charge in [-0.1, -0.05) is 20.3 Å². The average molecular weight is 262 g/mol. The second-order valence-corrected chi connectivity index (χ2v) is 4.59. The van der Waals surface area contributed by atoms with Crippen molar-refractivity contribution in [3.8, 4) is 0 Å². The molecule has 0 aliphatic heterocycles. The monoisotopic (exact) mass is 262 g/mol. The first-order valence-electron chi connectivity index (χ1n) is 6.77. The van der Waals surface area contributed by atoms with Gasteiger partial charge in [0.1, 0.15) is 0 Å². The minimum Gasteiger partial charge on any atom is -0.378 e. The van der Waals surface area contributed by atoms with Crippen molar-refractivity contribution in [2.75, 3.05) is 28.4 Å². The van der Waals surface area contributed by atoms with Crippen LogP contribution in [0.15, 0.2) is 0 Å². The van der Waals surface area contributed by atoms with Crippen LogP contribution in [0.25, 0.3) is 0 Å². The Morgan fingerprint density at radius 1 is 0.889 bits per heavy atom. The highest BCUT2D eigenvalue weighted by Gasteiger charge is 2.37. The highest BCUT2D eigenvalue weighted by Crippen LogP contribution is 2.32. The molecule has 0 aromatic rings. The zero-order valence-corrected chi connectivity index (χ0v) is 12.8. The van der Waals surface area contributed by atoms with E-state index in [1.807, 2.05) is 0 Å². The fraction of sp³-hybridized carbons (Fsp3) is 1.00. The van der Waals surface area contributed by atoms with Crippen molar-refractivity contribution in [1.29, 1.82) is 0 Å². The summed E-state index contributed by atoms with van der Waals surface area (Å²) in [5, 5.41) is 0. The lowest BCUT2D eigenvalue weighted by molar-refractivity contribution is -0.153. The lowest BCUT2D eigenvalue weighted by atomic mass is 9.85. The summed E-state index contributed by atoms with van der Waals surface area (Å²) in [6.45, 7) is 4.29. The van der Waals surface area contributed by atoms with Crippen LogP contribution in [-0.2, 0) is 18.9 Å². The van der Waals surface area contributed by atoms with Crippen LogP contribution in [-0.4, -0.2) is 46.4 Å². The average Bonchev–Trinajstić information content (AvgIpc) is 2.40. The van der Waals surface area contributed by atoms with Gasteiger partial charge in [0.25, 0.3) is 0 Å². The van der Waals surface area contributed by atoms with Gasteiger partial charge in [-0.05, 0) is 19.3 Å². The highest BCUT2D eigenvalue weighted by molar-refractivity contribution is 4.88. The van der Waals surface area contributed by atoms with E-state index < -0.39 is 0 Å². The van der Waals surface area contributed by atoms with Gasteiger partial charge < -0.3 is 18.9 Å². The van der Waals surface area contributed by atoms with Gasteiger partial charge in [-0.25, -0.2) is 0 Å². The third-order valence-corrected chi connectivity index (χ3v) is 3.65. The molecule has 0 rings (SSSR count). The van der Waals surface area contributed by atoms with Crippen molar-refractivity contribution in [3.63, 3.8) is 0 Å². The number of methoxy groups -OCH3 is 4. The molecule has 110 valence electrons. The Hall–Kier alpha value is -0.160. The first-order chi connectivity index (χ1) is 8.63. The summed E-state index contributed by atoms with van der Waals surface area (Å²) in [4.78, 5) is 0. The molecule has 0 bridgehead atoms. The molecule has 2 unspecified atom stereocenters. The van der Waals surface area contributed by atoms with Crippen molar-refractivity contribution in [1.82, 2.24) is 0 Å². The zero-order chi connectivity index (χ0) is 14.0. The molecule has 0 radical (unpaired) electrons. The van der Waals surface area contributed by atoms with Crippen LogP contribution in [0.2, 0.25) is 0 Å². The summed E-state index contributed by atoms with van der Waals surface area (Å²) in [6.07, 6.45) is 4.60. The molecule has 0 fully saturated rings. The summed E-state index contributed by atoms with van der Waals surface area (Å²) in [6, 6.07) is 0. The largest absolute Gasteiger partial charge is 0.378 e. The Balaban J connectivity index is 4.73. The highest BCUT2D eigenvalue weighted by atomic mass is 16.7. The van der Waals surface area contributed by atoms with Crippen molar-refractivity contribution in [3.05, 3.63) is 0 Å². The van der Waals surface area contributed by atoms with Crippen LogP contribution in [0.1, 0.15) is 46.0 Å². The van der Waals surface area contributed by atoms with E-state index in [4.69, 9.17) is 18.9 Å². The van der Waals surface area contributed by atoms with E-state index in [0.717, 1.165) is 32.1 Å². The lowest BCUT2D eigenvalue weighted by Crippen LogP contribution is -2.45. The summed E-state index contributed by atoms with van der Waals surface area (Å²) >= 11 is 0. The summed E-state index contributed by atoms with van der Waals surface area (Å²) in [5.41, 5.74) is -0.242. The molecule has 0 spiro atoms. The van der Waals surface area contributed by atoms with E-state index in [9.17, 15) is 0 Å². The normalized spacial score (nSPS) is 16.8. The molecule has 0 aromatic carbocycles. The molecular formula is C14H30O4. The van der Waals surface area contributed by atoms with E-state index >= 15 is 0 Å². The maximum atomic E-state index is 5.83. The second-order valence-electron chi connectivity index (χ2n) is 4.59. The van der Waals surface area contributed by atoms with Gasteiger partial charge in [0, 0.05) is 34.9 Å². The van der Waals surface area contributed by atoms with Gasteiger partial charge in [0.15, 0.2) is 6.29 Å². The molecule has 0 heterocycles. The van der Waals surface area contributed by atoms with Gasteiger partial charge in [0.2, 0.25) is 0 Å². The van der Waals surface area contributed by atoms with E-state index in [-0.39, 0.29) is 18.0 Å². The first-order valence-corrected chi connectivity index (χ1v) is 6.77. The molecule has 0 aliphatic rings. The Morgan fingerprint density at radius 3 is 1.83 bits per heavy atom. The Bertz CT molecular complexity index is 190. The predicted molar refractivity (Wildman–Crippen MR) is 72.8 cm³/mol. The van der Waals surface area contributed by atoms with Gasteiger partial charge in [-0.15, -0.1) is 0 Å². The van der Waals surface area contributed by atoms with Crippen molar-refractivity contribution >= 4 is 0 Å². The van der Waals surface area contributed by atoms with Crippen LogP contribution in [0.4, 0.5) is 0 Å². The van der Waals surface area contributed by atoms with Gasteiger partial charge in [0.05, 0.1) is 11.7 Å². The summed E-state index contributed by atoms with van der Waals surface area (Å²) in [5.74, 6) is 0. The smallest absolute Gasteiger partial charge is 0.156 e. The maximum Gasteiger partial charge on any atom is 0.156 e.